The molecule has 0 aliphatic rings. The summed E-state index contributed by atoms with van der Waals surface area (Å²) < 4.78 is 5.17. The number of hydrogen-bond donors (Lipinski definition) is 0. The van der Waals surface area contributed by atoms with E-state index >= 15 is 0 Å². The van der Waals surface area contributed by atoms with Crippen molar-refractivity contribution in [1.29, 1.82) is 0 Å². The molecule has 0 aliphatic heterocycles. The first-order chi connectivity index (χ1) is 9.97. The summed E-state index contributed by atoms with van der Waals surface area (Å²) in [5.41, 5.74) is 0.934. The molecule has 0 aromatic heterocycles. The van der Waals surface area contributed by atoms with Gasteiger partial charge in [-0.3, -0.25) is 4.79 Å². The van der Waals surface area contributed by atoms with Crippen molar-refractivity contribution in [2.24, 2.45) is 0 Å². The van der Waals surface area contributed by atoms with Gasteiger partial charge in [0, 0.05) is 4.90 Å². The van der Waals surface area contributed by atoms with Crippen LogP contribution < -0.4 is 0 Å². The van der Waals surface area contributed by atoms with Crippen LogP contribution in [0.5, 0.6) is 0 Å². The average molecular weight is 324 g/mol. The number of esters is 1. The quantitative estimate of drug-likeness (QED) is 0.252. The van der Waals surface area contributed by atoms with Gasteiger partial charge in [0.15, 0.2) is 5.78 Å². The van der Waals surface area contributed by atoms with E-state index in [1.54, 1.807) is 31.7 Å². The summed E-state index contributed by atoms with van der Waals surface area (Å²) in [6.07, 6.45) is 5.18. The van der Waals surface area contributed by atoms with E-state index < -0.39 is 5.97 Å². The van der Waals surface area contributed by atoms with Gasteiger partial charge in [-0.1, -0.05) is 12.1 Å². The Morgan fingerprint density at radius 3 is 2.57 bits per heavy atom. The fraction of sp³-hybridized carbons (Fsp3) is 0.375. The second-order valence-electron chi connectivity index (χ2n) is 4.64. The van der Waals surface area contributed by atoms with Crippen LogP contribution in [0.4, 0.5) is 0 Å². The monoisotopic (exact) mass is 324 g/mol. The maximum Gasteiger partial charge on any atom is 0.342 e. The average Bonchev–Trinajstić information content (AvgIpc) is 2.44. The molecule has 0 spiro atoms. The Bertz CT molecular complexity index is 536. The largest absolute Gasteiger partial charge is 0.459 e. The number of thioether (sulfide) groups is 2. The van der Waals surface area contributed by atoms with Crippen LogP contribution >= 0.6 is 23.5 Å². The normalized spacial score (nSPS) is 11.6. The van der Waals surface area contributed by atoms with Gasteiger partial charge in [-0.15, -0.1) is 11.8 Å². The molecule has 0 radical (unpaired) electrons. The van der Waals surface area contributed by atoms with Gasteiger partial charge in [-0.25, -0.2) is 4.79 Å². The number of ether oxygens (including phenoxy) is 1. The number of ketones is 1. The van der Waals surface area contributed by atoms with Gasteiger partial charge in [0.05, 0.1) is 11.9 Å². The number of benzene rings is 1. The van der Waals surface area contributed by atoms with Crippen LogP contribution in [0, 0.1) is 0 Å². The molecule has 0 heterocycles. The topological polar surface area (TPSA) is 43.4 Å². The van der Waals surface area contributed by atoms with Crippen molar-refractivity contribution in [2.45, 2.75) is 24.8 Å². The molecular formula is C16H20O3S2. The predicted molar refractivity (Wildman–Crippen MR) is 90.8 cm³/mol. The number of carbonyl (C=O) groups is 2. The van der Waals surface area contributed by atoms with E-state index in [0.717, 1.165) is 10.5 Å². The minimum atomic E-state index is -0.557. The zero-order chi connectivity index (χ0) is 15.8. The zero-order valence-electron chi connectivity index (χ0n) is 12.7. The second kappa shape index (κ2) is 8.95. The smallest absolute Gasteiger partial charge is 0.342 e. The van der Waals surface area contributed by atoms with E-state index in [-0.39, 0.29) is 23.2 Å². The summed E-state index contributed by atoms with van der Waals surface area (Å²) in [5, 5.41) is 0. The third-order valence-electron chi connectivity index (χ3n) is 2.54. The van der Waals surface area contributed by atoms with Crippen LogP contribution in [0.25, 0.3) is 6.08 Å². The zero-order valence-corrected chi connectivity index (χ0v) is 14.3. The summed E-state index contributed by atoms with van der Waals surface area (Å²) in [6, 6.07) is 7.70. The van der Waals surface area contributed by atoms with Gasteiger partial charge in [-0.05, 0) is 50.1 Å². The van der Waals surface area contributed by atoms with Crippen LogP contribution in [-0.2, 0) is 14.3 Å². The molecule has 1 aromatic rings. The van der Waals surface area contributed by atoms with Gasteiger partial charge < -0.3 is 4.74 Å². The van der Waals surface area contributed by atoms with Crippen molar-refractivity contribution < 1.29 is 14.3 Å². The molecule has 114 valence electrons. The first-order valence-corrected chi connectivity index (χ1v) is 9.18. The molecule has 1 rings (SSSR count). The molecule has 0 bridgehead atoms. The van der Waals surface area contributed by atoms with E-state index in [9.17, 15) is 9.59 Å². The van der Waals surface area contributed by atoms with Crippen LogP contribution in [-0.4, -0.2) is 36.1 Å². The Balaban J connectivity index is 3.12. The molecule has 0 saturated carbocycles. The number of Topliss-reactive ketones (excluding diaryl/α,β-unsaturated/α-hetero) is 1. The minimum absolute atomic E-state index is 0.108. The van der Waals surface area contributed by atoms with Gasteiger partial charge in [0.25, 0.3) is 0 Å². The summed E-state index contributed by atoms with van der Waals surface area (Å²) >= 11 is 3.00. The van der Waals surface area contributed by atoms with Crippen LogP contribution in [0.1, 0.15) is 19.4 Å². The standard InChI is InChI=1S/C16H20O3S2/c1-11(2)19-16(18)14(15(17)10-20-3)9-12-6-5-7-13(8-12)21-4/h5-9,11H,10H2,1-4H3. The first-order valence-electron chi connectivity index (χ1n) is 6.56. The number of carbonyl (C=O) groups excluding carboxylic acids is 2. The lowest BCUT2D eigenvalue weighted by Gasteiger charge is -2.10. The van der Waals surface area contributed by atoms with E-state index in [1.807, 2.05) is 36.8 Å². The third kappa shape index (κ3) is 5.98. The van der Waals surface area contributed by atoms with Crippen LogP contribution in [0.15, 0.2) is 34.7 Å². The Hall–Kier alpha value is -1.20. The Morgan fingerprint density at radius 2 is 2.00 bits per heavy atom. The van der Waals surface area contributed by atoms with E-state index in [4.69, 9.17) is 4.74 Å². The minimum Gasteiger partial charge on any atom is -0.459 e. The van der Waals surface area contributed by atoms with Gasteiger partial charge in [0.2, 0.25) is 0 Å². The van der Waals surface area contributed by atoms with E-state index in [2.05, 4.69) is 0 Å². The second-order valence-corrected chi connectivity index (χ2v) is 6.39. The molecule has 3 nitrogen and oxygen atoms in total. The molecule has 1 aromatic carbocycles. The fourth-order valence-electron chi connectivity index (χ4n) is 1.64. The maximum atomic E-state index is 12.1. The van der Waals surface area contributed by atoms with Crippen molar-refractivity contribution in [1.82, 2.24) is 0 Å². The van der Waals surface area contributed by atoms with Crippen molar-refractivity contribution in [3.63, 3.8) is 0 Å². The maximum absolute atomic E-state index is 12.1. The van der Waals surface area contributed by atoms with Crippen molar-refractivity contribution in [2.75, 3.05) is 18.3 Å². The highest BCUT2D eigenvalue weighted by atomic mass is 32.2. The molecule has 0 fully saturated rings. The summed E-state index contributed by atoms with van der Waals surface area (Å²) in [6.45, 7) is 3.53. The van der Waals surface area contributed by atoms with Gasteiger partial charge >= 0.3 is 5.97 Å². The summed E-state index contributed by atoms with van der Waals surface area (Å²) in [5.74, 6) is -0.498. The van der Waals surface area contributed by atoms with Crippen molar-refractivity contribution in [3.05, 3.63) is 35.4 Å². The molecule has 0 saturated heterocycles. The van der Waals surface area contributed by atoms with Gasteiger partial charge in [0.1, 0.15) is 5.57 Å². The molecule has 21 heavy (non-hydrogen) atoms. The highest BCUT2D eigenvalue weighted by Crippen LogP contribution is 2.19. The molecule has 0 amide bonds. The molecule has 0 N–H and O–H groups in total. The molecule has 0 aliphatic carbocycles. The first kappa shape index (κ1) is 17.9. The summed E-state index contributed by atoms with van der Waals surface area (Å²) in [7, 11) is 0. The lowest BCUT2D eigenvalue weighted by atomic mass is 10.1. The SMILES string of the molecule is CSCC(=O)C(=Cc1cccc(SC)c1)C(=O)OC(C)C. The van der Waals surface area contributed by atoms with Gasteiger partial charge in [-0.2, -0.15) is 11.8 Å². The Labute approximate surface area is 134 Å². The lowest BCUT2D eigenvalue weighted by molar-refractivity contribution is -0.143. The Morgan fingerprint density at radius 1 is 1.29 bits per heavy atom. The highest BCUT2D eigenvalue weighted by molar-refractivity contribution is 7.99. The predicted octanol–water partition coefficient (Wildman–Crippen LogP) is 3.68. The van der Waals surface area contributed by atoms with Crippen LogP contribution in [0.2, 0.25) is 0 Å². The summed E-state index contributed by atoms with van der Waals surface area (Å²) in [4.78, 5) is 25.3. The Kier molecular flexibility index (Phi) is 7.61. The molecule has 0 unspecified atom stereocenters. The van der Waals surface area contributed by atoms with E-state index in [1.165, 1.54) is 11.8 Å². The van der Waals surface area contributed by atoms with Crippen molar-refractivity contribution in [3.8, 4) is 0 Å². The molecular weight excluding hydrogens is 304 g/mol. The molecule has 0 atom stereocenters. The number of rotatable bonds is 7. The lowest BCUT2D eigenvalue weighted by Crippen LogP contribution is -2.20. The highest BCUT2D eigenvalue weighted by Gasteiger charge is 2.20. The number of hydrogen-bond acceptors (Lipinski definition) is 5. The van der Waals surface area contributed by atoms with Crippen LogP contribution in [0.3, 0.4) is 0 Å². The fourth-order valence-corrected chi connectivity index (χ4v) is 2.52. The van der Waals surface area contributed by atoms with E-state index in [0.29, 0.717) is 0 Å². The van der Waals surface area contributed by atoms with Crippen molar-refractivity contribution >= 4 is 41.4 Å². The third-order valence-corrected chi connectivity index (χ3v) is 3.82. The molecule has 5 heteroatoms.